The molecule has 90 valence electrons. The first-order chi connectivity index (χ1) is 8.18. The van der Waals surface area contributed by atoms with Gasteiger partial charge in [-0.15, -0.1) is 16.4 Å². The van der Waals surface area contributed by atoms with Crippen molar-refractivity contribution in [3.8, 4) is 0 Å². The summed E-state index contributed by atoms with van der Waals surface area (Å²) in [6.45, 7) is 2.00. The van der Waals surface area contributed by atoms with E-state index in [2.05, 4.69) is 14.9 Å². The van der Waals surface area contributed by atoms with Gasteiger partial charge >= 0.3 is 6.03 Å². The van der Waals surface area contributed by atoms with Crippen LogP contribution < -0.4 is 5.32 Å². The molecule has 0 aromatic carbocycles. The van der Waals surface area contributed by atoms with Gasteiger partial charge in [-0.25, -0.2) is 4.79 Å². The molecule has 0 bridgehead atoms. The van der Waals surface area contributed by atoms with Crippen LogP contribution in [0.3, 0.4) is 0 Å². The molecule has 1 atom stereocenters. The number of anilines is 1. The Morgan fingerprint density at radius 2 is 2.41 bits per heavy atom. The molecule has 0 aliphatic rings. The minimum absolute atomic E-state index is 0.0517. The average molecular weight is 268 g/mol. The summed E-state index contributed by atoms with van der Waals surface area (Å²) in [5, 5.41) is 9.07. The molecule has 2 rings (SSSR count). The molecular formula is C10H12N4OS2. The van der Waals surface area contributed by atoms with Crippen LogP contribution in [0.15, 0.2) is 23.7 Å². The number of carbonyl (C=O) groups excluding carboxylic acids is 1. The summed E-state index contributed by atoms with van der Waals surface area (Å²) in [6.07, 6.45) is 1.53. The number of thiophene rings is 1. The van der Waals surface area contributed by atoms with Crippen LogP contribution in [0.25, 0.3) is 0 Å². The van der Waals surface area contributed by atoms with Crippen LogP contribution in [0, 0.1) is 0 Å². The second-order valence-corrected chi connectivity index (χ2v) is 5.28. The smallest absolute Gasteiger partial charge is 0.320 e. The number of nitrogens with one attached hydrogen (secondary N) is 1. The highest BCUT2D eigenvalue weighted by Crippen LogP contribution is 2.24. The fourth-order valence-electron chi connectivity index (χ4n) is 1.31. The SMILES string of the molecule is C[C@@H](c1cccs1)N(C)C(=O)Nc1cnns1. The molecule has 5 nitrogen and oxygen atoms in total. The molecule has 2 aromatic rings. The number of rotatable bonds is 3. The summed E-state index contributed by atoms with van der Waals surface area (Å²) >= 11 is 2.80. The van der Waals surface area contributed by atoms with Crippen molar-refractivity contribution >= 4 is 33.9 Å². The van der Waals surface area contributed by atoms with E-state index in [-0.39, 0.29) is 12.1 Å². The highest BCUT2D eigenvalue weighted by molar-refractivity contribution is 7.10. The van der Waals surface area contributed by atoms with E-state index in [1.54, 1.807) is 23.3 Å². The lowest BCUT2D eigenvalue weighted by molar-refractivity contribution is 0.209. The van der Waals surface area contributed by atoms with E-state index in [1.165, 1.54) is 6.20 Å². The monoisotopic (exact) mass is 268 g/mol. The van der Waals surface area contributed by atoms with E-state index < -0.39 is 0 Å². The zero-order valence-corrected chi connectivity index (χ0v) is 11.1. The molecular weight excluding hydrogens is 256 g/mol. The maximum atomic E-state index is 11.9. The standard InChI is InChI=1S/C10H12N4OS2/c1-7(8-4-3-5-16-8)14(2)10(15)12-9-6-11-13-17-9/h3-7H,1-2H3,(H,12,15)/t7-/m0/s1. The van der Waals surface area contributed by atoms with E-state index in [1.807, 2.05) is 24.4 Å². The molecule has 7 heteroatoms. The molecule has 2 heterocycles. The molecule has 0 spiro atoms. The van der Waals surface area contributed by atoms with Gasteiger partial charge in [-0.1, -0.05) is 10.6 Å². The zero-order chi connectivity index (χ0) is 12.3. The van der Waals surface area contributed by atoms with Gasteiger partial charge in [0.1, 0.15) is 5.00 Å². The number of urea groups is 1. The van der Waals surface area contributed by atoms with E-state index in [4.69, 9.17) is 0 Å². The Balaban J connectivity index is 2.00. The molecule has 17 heavy (non-hydrogen) atoms. The zero-order valence-electron chi connectivity index (χ0n) is 9.45. The highest BCUT2D eigenvalue weighted by Gasteiger charge is 2.18. The lowest BCUT2D eigenvalue weighted by Gasteiger charge is -2.23. The summed E-state index contributed by atoms with van der Waals surface area (Å²) in [5.41, 5.74) is 0. The Kier molecular flexibility index (Phi) is 3.70. The number of amides is 2. The summed E-state index contributed by atoms with van der Waals surface area (Å²) in [7, 11) is 1.77. The van der Waals surface area contributed by atoms with Gasteiger partial charge < -0.3 is 4.90 Å². The Morgan fingerprint density at radius 3 is 3.00 bits per heavy atom. The fourth-order valence-corrected chi connectivity index (χ4v) is 2.55. The summed E-state index contributed by atoms with van der Waals surface area (Å²) in [6, 6.07) is 3.90. The van der Waals surface area contributed by atoms with E-state index in [0.717, 1.165) is 16.4 Å². The van der Waals surface area contributed by atoms with Crippen LogP contribution in [0.2, 0.25) is 0 Å². The third kappa shape index (κ3) is 2.80. The summed E-state index contributed by atoms with van der Waals surface area (Å²) in [5.74, 6) is 0. The molecule has 1 N–H and O–H groups in total. The quantitative estimate of drug-likeness (QED) is 0.931. The third-order valence-electron chi connectivity index (χ3n) is 2.45. The molecule has 2 aromatic heterocycles. The molecule has 0 aliphatic heterocycles. The van der Waals surface area contributed by atoms with Crippen molar-refractivity contribution in [3.05, 3.63) is 28.6 Å². The van der Waals surface area contributed by atoms with Gasteiger partial charge in [0, 0.05) is 23.5 Å². The van der Waals surface area contributed by atoms with E-state index in [0.29, 0.717) is 5.00 Å². The van der Waals surface area contributed by atoms with Gasteiger partial charge in [0.05, 0.1) is 12.2 Å². The summed E-state index contributed by atoms with van der Waals surface area (Å²) in [4.78, 5) is 14.7. The highest BCUT2D eigenvalue weighted by atomic mass is 32.1. The number of carbonyl (C=O) groups is 1. The third-order valence-corrected chi connectivity index (χ3v) is 4.07. The average Bonchev–Trinajstić information content (AvgIpc) is 2.99. The fraction of sp³-hybridized carbons (Fsp3) is 0.300. The molecule has 0 unspecified atom stereocenters. The maximum Gasteiger partial charge on any atom is 0.322 e. The largest absolute Gasteiger partial charge is 0.322 e. The van der Waals surface area contributed by atoms with Crippen molar-refractivity contribution in [2.45, 2.75) is 13.0 Å². The molecule has 0 aliphatic carbocycles. The van der Waals surface area contributed by atoms with Crippen molar-refractivity contribution in [1.29, 1.82) is 0 Å². The van der Waals surface area contributed by atoms with Crippen LogP contribution in [0.4, 0.5) is 9.80 Å². The van der Waals surface area contributed by atoms with Crippen molar-refractivity contribution in [1.82, 2.24) is 14.5 Å². The molecule has 0 fully saturated rings. The van der Waals surface area contributed by atoms with Crippen LogP contribution in [-0.2, 0) is 0 Å². The Labute approximate surface area is 107 Å². The van der Waals surface area contributed by atoms with Crippen molar-refractivity contribution in [3.63, 3.8) is 0 Å². The van der Waals surface area contributed by atoms with Gasteiger partial charge in [-0.05, 0) is 18.4 Å². The molecule has 0 saturated carbocycles. The lowest BCUT2D eigenvalue weighted by atomic mass is 10.2. The maximum absolute atomic E-state index is 11.9. The number of hydrogen-bond donors (Lipinski definition) is 1. The first kappa shape index (κ1) is 12.0. The van der Waals surface area contributed by atoms with Gasteiger partial charge in [0.25, 0.3) is 0 Å². The van der Waals surface area contributed by atoms with Gasteiger partial charge in [-0.3, -0.25) is 5.32 Å². The number of hydrogen-bond acceptors (Lipinski definition) is 5. The number of aromatic nitrogens is 2. The molecule has 0 saturated heterocycles. The van der Waals surface area contributed by atoms with E-state index in [9.17, 15) is 4.79 Å². The Hall–Kier alpha value is -1.47. The van der Waals surface area contributed by atoms with Gasteiger partial charge in [0.2, 0.25) is 0 Å². The van der Waals surface area contributed by atoms with Crippen LogP contribution in [0.5, 0.6) is 0 Å². The summed E-state index contributed by atoms with van der Waals surface area (Å²) < 4.78 is 3.69. The van der Waals surface area contributed by atoms with Crippen molar-refractivity contribution < 1.29 is 4.79 Å². The van der Waals surface area contributed by atoms with Crippen LogP contribution in [-0.4, -0.2) is 27.6 Å². The Bertz CT molecular complexity index is 468. The van der Waals surface area contributed by atoms with Crippen molar-refractivity contribution in [2.75, 3.05) is 12.4 Å². The Morgan fingerprint density at radius 1 is 1.59 bits per heavy atom. The van der Waals surface area contributed by atoms with Crippen molar-refractivity contribution in [2.24, 2.45) is 0 Å². The van der Waals surface area contributed by atoms with Gasteiger partial charge in [0.15, 0.2) is 0 Å². The second kappa shape index (κ2) is 5.24. The normalized spacial score (nSPS) is 12.1. The predicted octanol–water partition coefficient (Wildman–Crippen LogP) is 2.82. The second-order valence-electron chi connectivity index (χ2n) is 3.51. The topological polar surface area (TPSA) is 58.1 Å². The van der Waals surface area contributed by atoms with Gasteiger partial charge in [-0.2, -0.15) is 0 Å². The minimum Gasteiger partial charge on any atom is -0.320 e. The lowest BCUT2D eigenvalue weighted by Crippen LogP contribution is -2.33. The molecule has 0 radical (unpaired) electrons. The first-order valence-electron chi connectivity index (χ1n) is 5.03. The predicted molar refractivity (Wildman–Crippen MR) is 69.4 cm³/mol. The molecule has 2 amide bonds. The van der Waals surface area contributed by atoms with E-state index >= 15 is 0 Å². The van der Waals surface area contributed by atoms with Crippen LogP contribution >= 0.6 is 22.9 Å². The van der Waals surface area contributed by atoms with Crippen LogP contribution in [0.1, 0.15) is 17.8 Å². The first-order valence-corrected chi connectivity index (χ1v) is 6.68. The number of nitrogens with zero attached hydrogens (tertiary/aromatic N) is 3. The minimum atomic E-state index is -0.156.